The Balaban J connectivity index is 2.03. The number of rotatable bonds is 3. The van der Waals surface area contributed by atoms with Gasteiger partial charge in [0.1, 0.15) is 0 Å². The van der Waals surface area contributed by atoms with E-state index in [0.717, 1.165) is 38.0 Å². The van der Waals surface area contributed by atoms with Crippen LogP contribution >= 0.6 is 11.6 Å². The summed E-state index contributed by atoms with van der Waals surface area (Å²) in [4.78, 5) is 13.3. The zero-order valence-electron chi connectivity index (χ0n) is 10.1. The topological polar surface area (TPSA) is 66.6 Å². The molecule has 1 fully saturated rings. The second kappa shape index (κ2) is 5.69. The maximum Gasteiger partial charge on any atom is 0.248 e. The van der Waals surface area contributed by atoms with Crippen molar-refractivity contribution in [3.63, 3.8) is 0 Å². The number of hydrogen-bond donors (Lipinski definition) is 2. The first-order chi connectivity index (χ1) is 8.56. The lowest BCUT2D eigenvalue weighted by Crippen LogP contribution is -2.35. The average molecular weight is 269 g/mol. The van der Waals surface area contributed by atoms with Crippen molar-refractivity contribution < 1.29 is 9.90 Å². The van der Waals surface area contributed by atoms with E-state index in [1.165, 1.54) is 0 Å². The van der Waals surface area contributed by atoms with Crippen molar-refractivity contribution >= 4 is 17.5 Å². The van der Waals surface area contributed by atoms with E-state index in [1.54, 1.807) is 12.1 Å². The number of primary amides is 1. The van der Waals surface area contributed by atoms with E-state index in [-0.39, 0.29) is 6.10 Å². The van der Waals surface area contributed by atoms with Gasteiger partial charge in [0.05, 0.1) is 6.10 Å². The predicted octanol–water partition coefficient (Wildman–Crippen LogP) is 1.40. The fourth-order valence-corrected chi connectivity index (χ4v) is 2.39. The maximum atomic E-state index is 11.0. The minimum absolute atomic E-state index is 0.172. The Kier molecular flexibility index (Phi) is 4.22. The molecule has 98 valence electrons. The lowest BCUT2D eigenvalue weighted by Gasteiger charge is -2.29. The molecule has 0 spiro atoms. The lowest BCUT2D eigenvalue weighted by molar-refractivity contribution is 0.0792. The monoisotopic (exact) mass is 268 g/mol. The number of aliphatic hydroxyl groups excluding tert-OH is 1. The van der Waals surface area contributed by atoms with Crippen molar-refractivity contribution in [3.8, 4) is 0 Å². The molecule has 1 amide bonds. The second-order valence-electron chi connectivity index (χ2n) is 4.68. The number of carbonyl (C=O) groups excluding carboxylic acids is 1. The molecule has 1 saturated heterocycles. The fourth-order valence-electron chi connectivity index (χ4n) is 2.15. The Morgan fingerprint density at radius 1 is 1.44 bits per heavy atom. The van der Waals surface area contributed by atoms with Crippen LogP contribution in [0.15, 0.2) is 18.2 Å². The Morgan fingerprint density at radius 2 is 2.11 bits per heavy atom. The maximum absolute atomic E-state index is 11.0. The Bertz CT molecular complexity index is 443. The van der Waals surface area contributed by atoms with Crippen LogP contribution in [0.25, 0.3) is 0 Å². The molecule has 2 rings (SSSR count). The molecule has 5 heteroatoms. The standard InChI is InChI=1S/C13H17ClN2O2/c14-12-7-9(13(15)18)1-2-10(12)8-16-5-3-11(17)4-6-16/h1-2,7,11,17H,3-6,8H2,(H2,15,18). The highest BCUT2D eigenvalue weighted by Gasteiger charge is 2.17. The molecule has 4 nitrogen and oxygen atoms in total. The van der Waals surface area contributed by atoms with Gasteiger partial charge in [-0.2, -0.15) is 0 Å². The summed E-state index contributed by atoms with van der Waals surface area (Å²) < 4.78 is 0. The normalized spacial score (nSPS) is 17.9. The average Bonchev–Trinajstić information content (AvgIpc) is 2.34. The van der Waals surface area contributed by atoms with Crippen LogP contribution in [0.3, 0.4) is 0 Å². The molecule has 1 aliphatic heterocycles. The molecule has 0 aromatic heterocycles. The summed E-state index contributed by atoms with van der Waals surface area (Å²) in [5, 5.41) is 10.0. The summed E-state index contributed by atoms with van der Waals surface area (Å²) in [6, 6.07) is 5.15. The van der Waals surface area contributed by atoms with Crippen LogP contribution in [0.2, 0.25) is 5.02 Å². The number of hydrogen-bond acceptors (Lipinski definition) is 3. The van der Waals surface area contributed by atoms with Crippen LogP contribution in [-0.4, -0.2) is 35.1 Å². The summed E-state index contributed by atoms with van der Waals surface area (Å²) in [5.74, 6) is -0.468. The van der Waals surface area contributed by atoms with Crippen LogP contribution in [0.1, 0.15) is 28.8 Å². The molecule has 18 heavy (non-hydrogen) atoms. The van der Waals surface area contributed by atoms with Crippen molar-refractivity contribution in [2.75, 3.05) is 13.1 Å². The highest BCUT2D eigenvalue weighted by atomic mass is 35.5. The molecule has 1 aromatic rings. The minimum Gasteiger partial charge on any atom is -0.393 e. The quantitative estimate of drug-likeness (QED) is 0.871. The third-order valence-electron chi connectivity index (χ3n) is 3.29. The summed E-state index contributed by atoms with van der Waals surface area (Å²) in [7, 11) is 0. The van der Waals surface area contributed by atoms with Crippen molar-refractivity contribution in [1.82, 2.24) is 4.90 Å². The molecule has 0 atom stereocenters. The number of halogens is 1. The van der Waals surface area contributed by atoms with Gasteiger partial charge in [-0.1, -0.05) is 17.7 Å². The van der Waals surface area contributed by atoms with Crippen LogP contribution in [0.5, 0.6) is 0 Å². The molecule has 0 aliphatic carbocycles. The number of carbonyl (C=O) groups is 1. The number of aliphatic hydroxyl groups is 1. The molecule has 1 heterocycles. The van der Waals surface area contributed by atoms with E-state index in [4.69, 9.17) is 17.3 Å². The third kappa shape index (κ3) is 3.22. The Hall–Kier alpha value is -1.10. The fraction of sp³-hybridized carbons (Fsp3) is 0.462. The van der Waals surface area contributed by atoms with Gasteiger partial charge in [0.2, 0.25) is 5.91 Å². The van der Waals surface area contributed by atoms with Crippen molar-refractivity contribution in [3.05, 3.63) is 34.3 Å². The van der Waals surface area contributed by atoms with Crippen molar-refractivity contribution in [1.29, 1.82) is 0 Å². The number of nitrogens with two attached hydrogens (primary N) is 1. The minimum atomic E-state index is -0.468. The van der Waals surface area contributed by atoms with E-state index < -0.39 is 5.91 Å². The number of likely N-dealkylation sites (tertiary alicyclic amines) is 1. The smallest absolute Gasteiger partial charge is 0.248 e. The van der Waals surface area contributed by atoms with E-state index in [2.05, 4.69) is 4.90 Å². The second-order valence-corrected chi connectivity index (χ2v) is 5.08. The van der Waals surface area contributed by atoms with Crippen LogP contribution in [0, 0.1) is 0 Å². The van der Waals surface area contributed by atoms with Gasteiger partial charge in [-0.05, 0) is 30.5 Å². The first kappa shape index (κ1) is 13.3. The number of nitrogens with zero attached hydrogens (tertiary/aromatic N) is 1. The van der Waals surface area contributed by atoms with Crippen LogP contribution in [-0.2, 0) is 6.54 Å². The van der Waals surface area contributed by atoms with Crippen LogP contribution in [0.4, 0.5) is 0 Å². The zero-order chi connectivity index (χ0) is 13.1. The SMILES string of the molecule is NC(=O)c1ccc(CN2CCC(O)CC2)c(Cl)c1. The predicted molar refractivity (Wildman–Crippen MR) is 70.5 cm³/mol. The number of piperidine rings is 1. The Morgan fingerprint density at radius 3 is 2.67 bits per heavy atom. The van der Waals surface area contributed by atoms with Gasteiger partial charge in [-0.15, -0.1) is 0 Å². The summed E-state index contributed by atoms with van der Waals surface area (Å²) >= 11 is 6.14. The first-order valence-electron chi connectivity index (χ1n) is 6.05. The molecule has 1 aliphatic rings. The van der Waals surface area contributed by atoms with Gasteiger partial charge >= 0.3 is 0 Å². The molecular formula is C13H17ClN2O2. The highest BCUT2D eigenvalue weighted by Crippen LogP contribution is 2.21. The van der Waals surface area contributed by atoms with E-state index >= 15 is 0 Å². The lowest BCUT2D eigenvalue weighted by atomic mass is 10.1. The molecule has 0 saturated carbocycles. The summed E-state index contributed by atoms with van der Waals surface area (Å²) in [6.45, 7) is 2.48. The Labute approximate surface area is 111 Å². The van der Waals surface area contributed by atoms with Gasteiger partial charge in [0.15, 0.2) is 0 Å². The van der Waals surface area contributed by atoms with Crippen molar-refractivity contribution in [2.24, 2.45) is 5.73 Å². The van der Waals surface area contributed by atoms with E-state index in [9.17, 15) is 9.90 Å². The van der Waals surface area contributed by atoms with Gasteiger partial charge < -0.3 is 10.8 Å². The van der Waals surface area contributed by atoms with Gasteiger partial charge in [-0.3, -0.25) is 9.69 Å². The van der Waals surface area contributed by atoms with Crippen molar-refractivity contribution in [2.45, 2.75) is 25.5 Å². The molecule has 0 radical (unpaired) electrons. The van der Waals surface area contributed by atoms with E-state index in [0.29, 0.717) is 10.6 Å². The zero-order valence-corrected chi connectivity index (χ0v) is 10.9. The van der Waals surface area contributed by atoms with Gasteiger partial charge in [0, 0.05) is 30.2 Å². The number of benzene rings is 1. The summed E-state index contributed by atoms with van der Waals surface area (Å²) in [6.07, 6.45) is 1.43. The molecule has 0 unspecified atom stereocenters. The highest BCUT2D eigenvalue weighted by molar-refractivity contribution is 6.31. The number of amides is 1. The van der Waals surface area contributed by atoms with Crippen LogP contribution < -0.4 is 5.73 Å². The molecule has 0 bridgehead atoms. The third-order valence-corrected chi connectivity index (χ3v) is 3.64. The summed E-state index contributed by atoms with van der Waals surface area (Å²) in [5.41, 5.74) is 6.61. The van der Waals surface area contributed by atoms with Gasteiger partial charge in [-0.25, -0.2) is 0 Å². The molecule has 3 N–H and O–H groups in total. The molecular weight excluding hydrogens is 252 g/mol. The molecule has 1 aromatic carbocycles. The van der Waals surface area contributed by atoms with E-state index in [1.807, 2.05) is 6.07 Å². The first-order valence-corrected chi connectivity index (χ1v) is 6.42. The van der Waals surface area contributed by atoms with Gasteiger partial charge in [0.25, 0.3) is 0 Å². The largest absolute Gasteiger partial charge is 0.393 e.